The fourth-order valence-electron chi connectivity index (χ4n) is 6.65. The molecule has 0 radical (unpaired) electrons. The molecule has 282 valence electrons. The molecule has 4 aromatic carbocycles. The second-order valence-electron chi connectivity index (χ2n) is 12.1. The Kier molecular flexibility index (Phi) is 13.8. The minimum absolute atomic E-state index is 0.504. The molecule has 12 nitrogen and oxygen atoms in total. The molecule has 0 atom stereocenters. The molecule has 0 amide bonds. The first-order chi connectivity index (χ1) is 25.2. The molecule has 12 heteroatoms. The lowest BCUT2D eigenvalue weighted by molar-refractivity contribution is -0.966. The number of ether oxygens (including phenoxy) is 11. The predicted octanol–water partition coefficient (Wildman–Crippen LogP) is 6.74. The van der Waals surface area contributed by atoms with E-state index in [1.54, 1.807) is 78.2 Å². The van der Waals surface area contributed by atoms with Gasteiger partial charge in [-0.25, -0.2) is 0 Å². The van der Waals surface area contributed by atoms with Gasteiger partial charge in [-0.05, 0) is 54.1 Å². The highest BCUT2D eigenvalue weighted by Gasteiger charge is 2.33. The summed E-state index contributed by atoms with van der Waals surface area (Å²) in [4.78, 5) is 0. The minimum Gasteiger partial charge on any atom is -0.493 e. The van der Waals surface area contributed by atoms with Gasteiger partial charge in [-0.1, -0.05) is 6.07 Å². The van der Waals surface area contributed by atoms with E-state index in [9.17, 15) is 0 Å². The monoisotopic (exact) mass is 722 g/mol. The summed E-state index contributed by atoms with van der Waals surface area (Å²) in [5, 5.41) is 0. The van der Waals surface area contributed by atoms with E-state index in [0.717, 1.165) is 22.3 Å². The van der Waals surface area contributed by atoms with Crippen molar-refractivity contribution in [2.24, 2.45) is 0 Å². The molecular weight excluding hydrogens is 670 g/mol. The molecule has 0 aliphatic rings. The Hall–Kier alpha value is -5.36. The van der Waals surface area contributed by atoms with Gasteiger partial charge in [0, 0.05) is 23.1 Å². The molecule has 52 heavy (non-hydrogen) atoms. The summed E-state index contributed by atoms with van der Waals surface area (Å²) in [6.45, 7) is 2.34. The Balaban J connectivity index is 1.98. The van der Waals surface area contributed by atoms with Crippen LogP contribution in [0, 0.1) is 0 Å². The van der Waals surface area contributed by atoms with Gasteiger partial charge < -0.3 is 56.6 Å². The van der Waals surface area contributed by atoms with Crippen LogP contribution in [0.4, 0.5) is 0 Å². The minimum atomic E-state index is 0.504. The van der Waals surface area contributed by atoms with E-state index < -0.39 is 0 Å². The SMILES string of the molecule is COc1ccc(CC[N+](Cc2cc(OC)c(OC)c(OC)c2)(Cc2cc(OC)c(OC)c(OC)c2)Cc2cc(OC)c(OC)c(OC)c2)cc1OC. The Morgan fingerprint density at radius 3 is 0.885 bits per heavy atom. The Morgan fingerprint density at radius 2 is 0.615 bits per heavy atom. The summed E-state index contributed by atoms with van der Waals surface area (Å²) in [6, 6.07) is 18.0. The van der Waals surface area contributed by atoms with Crippen molar-refractivity contribution in [1.29, 1.82) is 0 Å². The highest BCUT2D eigenvalue weighted by molar-refractivity contribution is 5.56. The number of hydrogen-bond acceptors (Lipinski definition) is 11. The van der Waals surface area contributed by atoms with E-state index in [-0.39, 0.29) is 0 Å². The maximum Gasteiger partial charge on any atom is 0.203 e. The van der Waals surface area contributed by atoms with Crippen molar-refractivity contribution in [1.82, 2.24) is 0 Å². The number of nitrogens with zero attached hydrogens (tertiary/aromatic N) is 1. The molecule has 0 aliphatic carbocycles. The molecule has 0 unspecified atom stereocenters. The van der Waals surface area contributed by atoms with Crippen LogP contribution in [0.3, 0.4) is 0 Å². The lowest BCUT2D eigenvalue weighted by atomic mass is 10.0. The van der Waals surface area contributed by atoms with Gasteiger partial charge in [0.15, 0.2) is 46.0 Å². The van der Waals surface area contributed by atoms with Gasteiger partial charge in [0.1, 0.15) is 19.6 Å². The number of rotatable bonds is 20. The van der Waals surface area contributed by atoms with Crippen molar-refractivity contribution < 1.29 is 56.6 Å². The molecule has 0 fully saturated rings. The topological polar surface area (TPSA) is 102 Å². The van der Waals surface area contributed by atoms with E-state index in [1.165, 1.54) is 0 Å². The largest absolute Gasteiger partial charge is 0.493 e. The van der Waals surface area contributed by atoms with E-state index in [0.29, 0.717) is 100 Å². The van der Waals surface area contributed by atoms with Crippen LogP contribution in [0.25, 0.3) is 0 Å². The molecule has 0 heterocycles. The summed E-state index contributed by atoms with van der Waals surface area (Å²) in [5.74, 6) is 6.28. The normalized spacial score (nSPS) is 11.0. The first-order valence-electron chi connectivity index (χ1n) is 16.6. The van der Waals surface area contributed by atoms with E-state index in [4.69, 9.17) is 52.1 Å². The number of methoxy groups -OCH3 is 11. The predicted molar refractivity (Wildman–Crippen MR) is 198 cm³/mol. The van der Waals surface area contributed by atoms with E-state index >= 15 is 0 Å². The molecular formula is C40H52NO11+. The molecule has 0 bridgehead atoms. The van der Waals surface area contributed by atoms with Gasteiger partial charge in [-0.2, -0.15) is 0 Å². The van der Waals surface area contributed by atoms with Crippen LogP contribution in [0.1, 0.15) is 22.3 Å². The maximum absolute atomic E-state index is 5.79. The molecule has 0 aliphatic heterocycles. The van der Waals surface area contributed by atoms with Crippen LogP contribution in [-0.2, 0) is 26.1 Å². The van der Waals surface area contributed by atoms with Crippen LogP contribution >= 0.6 is 0 Å². The molecule has 0 aromatic heterocycles. The average molecular weight is 723 g/mol. The lowest BCUT2D eigenvalue weighted by Crippen LogP contribution is -2.47. The molecule has 0 spiro atoms. The van der Waals surface area contributed by atoms with Crippen LogP contribution in [-0.4, -0.2) is 89.2 Å². The number of benzene rings is 4. The molecule has 4 aromatic rings. The third-order valence-corrected chi connectivity index (χ3v) is 9.05. The Morgan fingerprint density at radius 1 is 0.327 bits per heavy atom. The van der Waals surface area contributed by atoms with Crippen molar-refractivity contribution in [3.63, 3.8) is 0 Å². The fourth-order valence-corrected chi connectivity index (χ4v) is 6.65. The van der Waals surface area contributed by atoms with E-state index in [1.807, 2.05) is 48.5 Å². The smallest absolute Gasteiger partial charge is 0.203 e. The fraction of sp³-hybridized carbons (Fsp3) is 0.400. The quantitative estimate of drug-likeness (QED) is 0.0907. The first kappa shape index (κ1) is 39.4. The van der Waals surface area contributed by atoms with Crippen molar-refractivity contribution in [3.05, 3.63) is 76.9 Å². The van der Waals surface area contributed by atoms with Crippen LogP contribution in [0.15, 0.2) is 54.6 Å². The maximum atomic E-state index is 5.79. The third kappa shape index (κ3) is 8.74. The van der Waals surface area contributed by atoms with E-state index in [2.05, 4.69) is 6.07 Å². The highest BCUT2D eigenvalue weighted by Crippen LogP contribution is 2.43. The summed E-state index contributed by atoms with van der Waals surface area (Å²) >= 11 is 0. The van der Waals surface area contributed by atoms with Gasteiger partial charge in [0.2, 0.25) is 17.2 Å². The third-order valence-electron chi connectivity index (χ3n) is 9.05. The van der Waals surface area contributed by atoms with Crippen molar-refractivity contribution >= 4 is 0 Å². The Bertz CT molecular complexity index is 1560. The second-order valence-corrected chi connectivity index (χ2v) is 12.1. The van der Waals surface area contributed by atoms with Crippen LogP contribution in [0.2, 0.25) is 0 Å². The zero-order valence-electron chi connectivity index (χ0n) is 32.2. The van der Waals surface area contributed by atoms with Gasteiger partial charge in [0.05, 0.1) is 84.8 Å². The van der Waals surface area contributed by atoms with Crippen LogP contribution in [0.5, 0.6) is 63.2 Å². The summed E-state index contributed by atoms with van der Waals surface area (Å²) in [7, 11) is 17.8. The molecule has 4 rings (SSSR count). The average Bonchev–Trinajstić information content (AvgIpc) is 3.18. The standard InChI is InChI=1S/C40H52NO11/c1-42-30-13-12-26(16-31(30)43-2)14-15-41(23-27-17-32(44-3)38(50-9)33(18-27)45-4,24-28-19-34(46-5)39(51-10)35(20-28)47-6)25-29-21-36(48-7)40(52-11)37(22-29)49-8/h12-13,16-22H,14-15,23-25H2,1-11H3/q+1. The van der Waals surface area contributed by atoms with Crippen molar-refractivity contribution in [2.45, 2.75) is 26.1 Å². The number of hydrogen-bond donors (Lipinski definition) is 0. The van der Waals surface area contributed by atoms with Gasteiger partial charge in [0.25, 0.3) is 0 Å². The van der Waals surface area contributed by atoms with Gasteiger partial charge in [-0.15, -0.1) is 0 Å². The lowest BCUT2D eigenvalue weighted by Gasteiger charge is -2.40. The number of quaternary nitrogens is 1. The van der Waals surface area contributed by atoms with Crippen molar-refractivity contribution in [3.8, 4) is 63.2 Å². The Labute approximate surface area is 307 Å². The first-order valence-corrected chi connectivity index (χ1v) is 16.6. The second kappa shape index (κ2) is 18.2. The van der Waals surface area contributed by atoms with Gasteiger partial charge >= 0.3 is 0 Å². The van der Waals surface area contributed by atoms with Gasteiger partial charge in [-0.3, -0.25) is 0 Å². The zero-order chi connectivity index (χ0) is 37.8. The highest BCUT2D eigenvalue weighted by atomic mass is 16.5. The molecule has 0 saturated carbocycles. The molecule has 0 N–H and O–H groups in total. The summed E-state index contributed by atoms with van der Waals surface area (Å²) in [6.07, 6.45) is 0.694. The summed E-state index contributed by atoms with van der Waals surface area (Å²) in [5.41, 5.74) is 4.00. The molecule has 0 saturated heterocycles. The zero-order valence-corrected chi connectivity index (χ0v) is 32.2. The summed E-state index contributed by atoms with van der Waals surface area (Å²) < 4.78 is 63.4. The van der Waals surface area contributed by atoms with Crippen LogP contribution < -0.4 is 52.1 Å². The van der Waals surface area contributed by atoms with Crippen molar-refractivity contribution in [2.75, 3.05) is 84.8 Å².